The SMILES string of the molecule is CCC(CCN)N1CCN(C(C)CCOC)CC1. The minimum atomic E-state index is 0.640. The molecule has 1 aliphatic heterocycles. The zero-order chi connectivity index (χ0) is 13.4. The number of nitrogens with two attached hydrogens (primary N) is 1. The topological polar surface area (TPSA) is 41.7 Å². The van der Waals surface area contributed by atoms with Crippen molar-refractivity contribution in [2.75, 3.05) is 46.4 Å². The van der Waals surface area contributed by atoms with Gasteiger partial charge in [-0.25, -0.2) is 0 Å². The van der Waals surface area contributed by atoms with E-state index in [1.165, 1.54) is 32.6 Å². The zero-order valence-electron chi connectivity index (χ0n) is 12.4. The zero-order valence-corrected chi connectivity index (χ0v) is 12.4. The first-order valence-electron chi connectivity index (χ1n) is 7.40. The van der Waals surface area contributed by atoms with Crippen LogP contribution in [-0.4, -0.2) is 68.3 Å². The number of rotatable bonds is 8. The number of ether oxygens (including phenoxy) is 1. The summed E-state index contributed by atoms with van der Waals surface area (Å²) in [6.07, 6.45) is 3.49. The molecule has 1 aliphatic rings. The van der Waals surface area contributed by atoms with Crippen LogP contribution in [0.5, 0.6) is 0 Å². The van der Waals surface area contributed by atoms with E-state index in [-0.39, 0.29) is 0 Å². The van der Waals surface area contributed by atoms with Crippen LogP contribution in [0.1, 0.15) is 33.1 Å². The van der Waals surface area contributed by atoms with Crippen molar-refractivity contribution in [2.45, 2.75) is 45.2 Å². The molecule has 4 heteroatoms. The second-order valence-corrected chi connectivity index (χ2v) is 5.34. The Morgan fingerprint density at radius 3 is 2.22 bits per heavy atom. The van der Waals surface area contributed by atoms with E-state index in [4.69, 9.17) is 10.5 Å². The molecule has 1 fully saturated rings. The Bertz CT molecular complexity index is 205. The summed E-state index contributed by atoms with van der Waals surface area (Å²) in [4.78, 5) is 5.21. The lowest BCUT2D eigenvalue weighted by Crippen LogP contribution is -2.53. The largest absolute Gasteiger partial charge is 0.385 e. The monoisotopic (exact) mass is 257 g/mol. The highest BCUT2D eigenvalue weighted by atomic mass is 16.5. The van der Waals surface area contributed by atoms with Crippen molar-refractivity contribution in [2.24, 2.45) is 5.73 Å². The van der Waals surface area contributed by atoms with Crippen LogP contribution in [0.2, 0.25) is 0 Å². The molecular formula is C14H31N3O. The molecule has 2 atom stereocenters. The second kappa shape index (κ2) is 8.86. The third-order valence-electron chi connectivity index (χ3n) is 4.20. The summed E-state index contributed by atoms with van der Waals surface area (Å²) >= 11 is 0. The predicted octanol–water partition coefficient (Wildman–Crippen LogP) is 1.16. The van der Waals surface area contributed by atoms with Crippen molar-refractivity contribution in [3.05, 3.63) is 0 Å². The van der Waals surface area contributed by atoms with Crippen LogP contribution >= 0.6 is 0 Å². The van der Waals surface area contributed by atoms with Crippen LogP contribution in [0.3, 0.4) is 0 Å². The average Bonchev–Trinajstić information content (AvgIpc) is 2.42. The highest BCUT2D eigenvalue weighted by molar-refractivity contribution is 4.80. The van der Waals surface area contributed by atoms with Gasteiger partial charge in [0.15, 0.2) is 0 Å². The van der Waals surface area contributed by atoms with Crippen LogP contribution in [0, 0.1) is 0 Å². The van der Waals surface area contributed by atoms with Gasteiger partial charge in [-0.05, 0) is 32.7 Å². The van der Waals surface area contributed by atoms with Gasteiger partial charge in [-0.2, -0.15) is 0 Å². The first-order valence-corrected chi connectivity index (χ1v) is 7.40. The van der Waals surface area contributed by atoms with Crippen molar-refractivity contribution < 1.29 is 4.74 Å². The van der Waals surface area contributed by atoms with Gasteiger partial charge in [0.05, 0.1) is 0 Å². The Morgan fingerprint density at radius 1 is 1.11 bits per heavy atom. The highest BCUT2D eigenvalue weighted by Crippen LogP contribution is 2.14. The second-order valence-electron chi connectivity index (χ2n) is 5.34. The lowest BCUT2D eigenvalue weighted by molar-refractivity contribution is 0.0584. The van der Waals surface area contributed by atoms with Crippen LogP contribution in [0.15, 0.2) is 0 Å². The van der Waals surface area contributed by atoms with E-state index in [1.807, 2.05) is 0 Å². The van der Waals surface area contributed by atoms with E-state index < -0.39 is 0 Å². The Kier molecular flexibility index (Phi) is 7.82. The Balaban J connectivity index is 2.30. The van der Waals surface area contributed by atoms with Gasteiger partial charge in [0.2, 0.25) is 0 Å². The number of nitrogens with zero attached hydrogens (tertiary/aromatic N) is 2. The summed E-state index contributed by atoms with van der Waals surface area (Å²) in [5.74, 6) is 0. The molecule has 0 radical (unpaired) electrons. The molecule has 0 aromatic heterocycles. The minimum Gasteiger partial charge on any atom is -0.385 e. The Labute approximate surface area is 112 Å². The number of methoxy groups -OCH3 is 1. The van der Waals surface area contributed by atoms with Crippen LogP contribution in [0.4, 0.5) is 0 Å². The Hall–Kier alpha value is -0.160. The van der Waals surface area contributed by atoms with Crippen LogP contribution in [-0.2, 0) is 4.74 Å². The van der Waals surface area contributed by atoms with Gasteiger partial charge < -0.3 is 10.5 Å². The molecule has 1 saturated heterocycles. The summed E-state index contributed by atoms with van der Waals surface area (Å²) in [6.45, 7) is 11.0. The maximum Gasteiger partial charge on any atom is 0.0477 e. The normalized spacial score (nSPS) is 22.0. The van der Waals surface area contributed by atoms with Crippen molar-refractivity contribution in [3.8, 4) is 0 Å². The van der Waals surface area contributed by atoms with E-state index in [0.717, 1.165) is 26.0 Å². The summed E-state index contributed by atoms with van der Waals surface area (Å²) < 4.78 is 5.16. The predicted molar refractivity (Wildman–Crippen MR) is 76.9 cm³/mol. The summed E-state index contributed by atoms with van der Waals surface area (Å²) in [6, 6.07) is 1.33. The molecular weight excluding hydrogens is 226 g/mol. The number of hydrogen-bond donors (Lipinski definition) is 1. The van der Waals surface area contributed by atoms with Gasteiger partial charge in [0.25, 0.3) is 0 Å². The van der Waals surface area contributed by atoms with Crippen molar-refractivity contribution in [1.29, 1.82) is 0 Å². The molecule has 0 aromatic carbocycles. The molecule has 0 aliphatic carbocycles. The quantitative estimate of drug-likeness (QED) is 0.708. The third kappa shape index (κ3) is 4.84. The number of hydrogen-bond acceptors (Lipinski definition) is 4. The van der Waals surface area contributed by atoms with Crippen molar-refractivity contribution >= 4 is 0 Å². The highest BCUT2D eigenvalue weighted by Gasteiger charge is 2.24. The summed E-state index contributed by atoms with van der Waals surface area (Å²) in [5.41, 5.74) is 5.69. The molecule has 0 bridgehead atoms. The van der Waals surface area contributed by atoms with Gasteiger partial charge in [0, 0.05) is 52.0 Å². The molecule has 1 heterocycles. The number of piperazine rings is 1. The lowest BCUT2D eigenvalue weighted by atomic mass is 10.1. The molecule has 0 spiro atoms. The maximum atomic E-state index is 5.69. The van der Waals surface area contributed by atoms with E-state index in [2.05, 4.69) is 23.6 Å². The van der Waals surface area contributed by atoms with Gasteiger partial charge in [-0.3, -0.25) is 9.80 Å². The van der Waals surface area contributed by atoms with Crippen molar-refractivity contribution in [3.63, 3.8) is 0 Å². The summed E-state index contributed by atoms with van der Waals surface area (Å²) in [7, 11) is 1.78. The smallest absolute Gasteiger partial charge is 0.0477 e. The molecule has 0 saturated carbocycles. The molecule has 2 unspecified atom stereocenters. The standard InChI is InChI=1S/C14H31N3O/c1-4-14(5-7-15)17-10-8-16(9-11-17)13(2)6-12-18-3/h13-14H,4-12,15H2,1-3H3. The van der Waals surface area contributed by atoms with Crippen LogP contribution < -0.4 is 5.73 Å². The molecule has 4 nitrogen and oxygen atoms in total. The molecule has 1 rings (SSSR count). The first-order chi connectivity index (χ1) is 8.72. The van der Waals surface area contributed by atoms with E-state index in [9.17, 15) is 0 Å². The fraction of sp³-hybridized carbons (Fsp3) is 1.00. The van der Waals surface area contributed by atoms with Crippen LogP contribution in [0.25, 0.3) is 0 Å². The van der Waals surface area contributed by atoms with E-state index in [1.54, 1.807) is 7.11 Å². The fourth-order valence-electron chi connectivity index (χ4n) is 2.85. The minimum absolute atomic E-state index is 0.640. The van der Waals surface area contributed by atoms with Gasteiger partial charge in [-0.15, -0.1) is 0 Å². The van der Waals surface area contributed by atoms with Gasteiger partial charge in [-0.1, -0.05) is 6.92 Å². The van der Waals surface area contributed by atoms with Crippen molar-refractivity contribution in [1.82, 2.24) is 9.80 Å². The molecule has 18 heavy (non-hydrogen) atoms. The summed E-state index contributed by atoms with van der Waals surface area (Å²) in [5, 5.41) is 0. The van der Waals surface area contributed by atoms with Gasteiger partial charge in [0.1, 0.15) is 0 Å². The van der Waals surface area contributed by atoms with Gasteiger partial charge >= 0.3 is 0 Å². The third-order valence-corrected chi connectivity index (χ3v) is 4.20. The molecule has 0 amide bonds. The maximum absolute atomic E-state index is 5.69. The first kappa shape index (κ1) is 15.9. The molecule has 108 valence electrons. The average molecular weight is 257 g/mol. The Morgan fingerprint density at radius 2 is 1.72 bits per heavy atom. The molecule has 2 N–H and O–H groups in total. The van der Waals surface area contributed by atoms with E-state index >= 15 is 0 Å². The van der Waals surface area contributed by atoms with E-state index in [0.29, 0.717) is 12.1 Å². The molecule has 0 aromatic rings. The fourth-order valence-corrected chi connectivity index (χ4v) is 2.85. The lowest BCUT2D eigenvalue weighted by Gasteiger charge is -2.41.